The number of alkyl halides is 3. The summed E-state index contributed by atoms with van der Waals surface area (Å²) in [5, 5.41) is 13.5. The molecule has 1 aliphatic heterocycles. The second-order valence-corrected chi connectivity index (χ2v) is 6.32. The number of nitrogens with one attached hydrogen (secondary N) is 1. The minimum absolute atomic E-state index is 0.0863. The first-order chi connectivity index (χ1) is 10.8. The van der Waals surface area contributed by atoms with Crippen LogP contribution in [0.1, 0.15) is 44.5 Å². The van der Waals surface area contributed by atoms with E-state index in [2.05, 4.69) is 5.32 Å². The van der Waals surface area contributed by atoms with Gasteiger partial charge in [0.05, 0.1) is 12.7 Å². The first-order valence-corrected chi connectivity index (χ1v) is 8.10. The second-order valence-electron chi connectivity index (χ2n) is 6.32. The molecule has 2 heterocycles. The number of halogens is 3. The van der Waals surface area contributed by atoms with Crippen LogP contribution in [0, 0.1) is 0 Å². The highest BCUT2D eigenvalue weighted by molar-refractivity contribution is 5.02. The van der Waals surface area contributed by atoms with Crippen LogP contribution in [0.5, 0.6) is 0 Å². The number of rotatable bonds is 7. The molecule has 1 saturated heterocycles. The molecule has 0 bridgehead atoms. The van der Waals surface area contributed by atoms with Crippen molar-refractivity contribution in [2.45, 2.75) is 57.0 Å². The molecule has 0 radical (unpaired) electrons. The Kier molecular flexibility index (Phi) is 6.50. The van der Waals surface area contributed by atoms with Crippen molar-refractivity contribution in [3.63, 3.8) is 0 Å². The summed E-state index contributed by atoms with van der Waals surface area (Å²) < 4.78 is 41.9. The summed E-state index contributed by atoms with van der Waals surface area (Å²) in [6, 6.07) is 3.89. The largest absolute Gasteiger partial charge is 0.467 e. The van der Waals surface area contributed by atoms with Crippen LogP contribution < -0.4 is 5.32 Å². The van der Waals surface area contributed by atoms with Gasteiger partial charge in [-0.3, -0.25) is 0 Å². The van der Waals surface area contributed by atoms with E-state index in [4.69, 9.17) is 4.42 Å². The van der Waals surface area contributed by atoms with Crippen LogP contribution in [-0.4, -0.2) is 47.9 Å². The number of piperidine rings is 1. The number of aliphatic hydroxyl groups is 1. The molecule has 23 heavy (non-hydrogen) atoms. The number of hydrogen-bond acceptors (Lipinski definition) is 4. The van der Waals surface area contributed by atoms with E-state index in [9.17, 15) is 18.3 Å². The topological polar surface area (TPSA) is 48.6 Å². The van der Waals surface area contributed by atoms with Gasteiger partial charge in [0.25, 0.3) is 0 Å². The summed E-state index contributed by atoms with van der Waals surface area (Å²) in [7, 11) is 0. The summed E-state index contributed by atoms with van der Waals surface area (Å²) in [6.07, 6.45) is -1.71. The fourth-order valence-electron chi connectivity index (χ4n) is 3.01. The molecular weight excluding hydrogens is 309 g/mol. The molecule has 2 atom stereocenters. The third-order valence-corrected chi connectivity index (χ3v) is 4.27. The van der Waals surface area contributed by atoms with Crippen LogP contribution in [-0.2, 0) is 0 Å². The molecule has 1 aromatic heterocycles. The molecule has 0 aliphatic carbocycles. The van der Waals surface area contributed by atoms with Crippen LogP contribution in [0.15, 0.2) is 22.8 Å². The molecule has 0 saturated carbocycles. The first-order valence-electron chi connectivity index (χ1n) is 8.10. The van der Waals surface area contributed by atoms with E-state index in [1.165, 1.54) is 6.26 Å². The summed E-state index contributed by atoms with van der Waals surface area (Å²) in [5.74, 6) is 0.556. The van der Waals surface area contributed by atoms with Gasteiger partial charge in [0.15, 0.2) is 0 Å². The standard InChI is InChI=1S/C16H25F3N2O2/c1-12(11-14(22)15-3-2-10-23-15)20-13-4-7-21(8-5-13)9-6-16(17,18)19/h2-3,10,12-14,20,22H,4-9,11H2,1H3. The van der Waals surface area contributed by atoms with Gasteiger partial charge in [0.2, 0.25) is 0 Å². The van der Waals surface area contributed by atoms with E-state index in [1.807, 2.05) is 11.8 Å². The highest BCUT2D eigenvalue weighted by Crippen LogP contribution is 2.22. The molecule has 2 rings (SSSR count). The molecule has 1 aliphatic rings. The Morgan fingerprint density at radius 2 is 2.09 bits per heavy atom. The maximum absolute atomic E-state index is 12.2. The Labute approximate surface area is 134 Å². The van der Waals surface area contributed by atoms with Gasteiger partial charge in [0, 0.05) is 18.6 Å². The lowest BCUT2D eigenvalue weighted by Gasteiger charge is -2.34. The smallest absolute Gasteiger partial charge is 0.390 e. The maximum atomic E-state index is 12.2. The van der Waals surface area contributed by atoms with Gasteiger partial charge in [0.1, 0.15) is 11.9 Å². The van der Waals surface area contributed by atoms with Crippen LogP contribution >= 0.6 is 0 Å². The van der Waals surface area contributed by atoms with E-state index >= 15 is 0 Å². The molecule has 1 aromatic rings. The predicted octanol–water partition coefficient (Wildman–Crippen LogP) is 3.10. The highest BCUT2D eigenvalue weighted by Gasteiger charge is 2.29. The van der Waals surface area contributed by atoms with Crippen molar-refractivity contribution < 1.29 is 22.7 Å². The zero-order valence-electron chi connectivity index (χ0n) is 13.4. The Hall–Kier alpha value is -1.05. The molecule has 0 aromatic carbocycles. The van der Waals surface area contributed by atoms with Crippen molar-refractivity contribution >= 4 is 0 Å². The van der Waals surface area contributed by atoms with E-state index in [1.54, 1.807) is 12.1 Å². The van der Waals surface area contributed by atoms with Crippen LogP contribution in [0.2, 0.25) is 0 Å². The van der Waals surface area contributed by atoms with Crippen LogP contribution in [0.3, 0.4) is 0 Å². The van der Waals surface area contributed by atoms with Gasteiger partial charge in [-0.1, -0.05) is 0 Å². The van der Waals surface area contributed by atoms with Crippen molar-refractivity contribution in [1.29, 1.82) is 0 Å². The number of furan rings is 1. The third-order valence-electron chi connectivity index (χ3n) is 4.27. The van der Waals surface area contributed by atoms with Gasteiger partial charge in [-0.15, -0.1) is 0 Å². The molecule has 0 amide bonds. The van der Waals surface area contributed by atoms with Crippen LogP contribution in [0.25, 0.3) is 0 Å². The van der Waals surface area contributed by atoms with Crippen LogP contribution in [0.4, 0.5) is 13.2 Å². The Morgan fingerprint density at radius 1 is 1.39 bits per heavy atom. The molecular formula is C16H25F3N2O2. The first kappa shape index (κ1) is 18.3. The molecule has 1 fully saturated rings. The average molecular weight is 334 g/mol. The Bertz CT molecular complexity index is 443. The van der Waals surface area contributed by atoms with Gasteiger partial charge in [-0.2, -0.15) is 13.2 Å². The van der Waals surface area contributed by atoms with Gasteiger partial charge < -0.3 is 19.7 Å². The highest BCUT2D eigenvalue weighted by atomic mass is 19.4. The molecule has 0 spiro atoms. The van der Waals surface area contributed by atoms with E-state index in [-0.39, 0.29) is 18.6 Å². The second kappa shape index (κ2) is 8.17. The van der Waals surface area contributed by atoms with Gasteiger partial charge in [-0.25, -0.2) is 0 Å². The Balaban J connectivity index is 1.65. The zero-order chi connectivity index (χ0) is 16.9. The minimum atomic E-state index is -4.08. The molecule has 2 unspecified atom stereocenters. The fraction of sp³-hybridized carbons (Fsp3) is 0.750. The lowest BCUT2D eigenvalue weighted by molar-refractivity contribution is -0.138. The van der Waals surface area contributed by atoms with Crippen molar-refractivity contribution in [1.82, 2.24) is 10.2 Å². The monoisotopic (exact) mass is 334 g/mol. The molecule has 132 valence electrons. The third kappa shape index (κ3) is 6.53. The number of likely N-dealkylation sites (tertiary alicyclic amines) is 1. The van der Waals surface area contributed by atoms with Gasteiger partial charge >= 0.3 is 6.18 Å². The van der Waals surface area contributed by atoms with Crippen molar-refractivity contribution in [3.8, 4) is 0 Å². The SMILES string of the molecule is CC(CC(O)c1ccco1)NC1CCN(CCC(F)(F)F)CC1. The lowest BCUT2D eigenvalue weighted by Crippen LogP contribution is -2.46. The molecule has 2 N–H and O–H groups in total. The lowest BCUT2D eigenvalue weighted by atomic mass is 10.0. The quantitative estimate of drug-likeness (QED) is 0.804. The minimum Gasteiger partial charge on any atom is -0.467 e. The predicted molar refractivity (Wildman–Crippen MR) is 81.0 cm³/mol. The van der Waals surface area contributed by atoms with Crippen molar-refractivity contribution in [3.05, 3.63) is 24.2 Å². The zero-order valence-corrected chi connectivity index (χ0v) is 13.4. The number of aliphatic hydroxyl groups excluding tert-OH is 1. The van der Waals surface area contributed by atoms with Gasteiger partial charge in [-0.05, 0) is 51.4 Å². The fourth-order valence-corrected chi connectivity index (χ4v) is 3.01. The van der Waals surface area contributed by atoms with Crippen molar-refractivity contribution in [2.75, 3.05) is 19.6 Å². The van der Waals surface area contributed by atoms with E-state index in [0.29, 0.717) is 25.3 Å². The summed E-state index contributed by atoms with van der Waals surface area (Å²) >= 11 is 0. The van der Waals surface area contributed by atoms with E-state index in [0.717, 1.165) is 12.8 Å². The summed E-state index contributed by atoms with van der Waals surface area (Å²) in [5.41, 5.74) is 0. The normalized spacial score (nSPS) is 20.6. The molecule has 4 nitrogen and oxygen atoms in total. The summed E-state index contributed by atoms with van der Waals surface area (Å²) in [4.78, 5) is 1.87. The Morgan fingerprint density at radius 3 is 2.65 bits per heavy atom. The summed E-state index contributed by atoms with van der Waals surface area (Å²) in [6.45, 7) is 3.45. The average Bonchev–Trinajstić information content (AvgIpc) is 3.00. The van der Waals surface area contributed by atoms with E-state index < -0.39 is 18.7 Å². The van der Waals surface area contributed by atoms with Crippen molar-refractivity contribution in [2.24, 2.45) is 0 Å². The maximum Gasteiger partial charge on any atom is 0.390 e. The number of nitrogens with zero attached hydrogens (tertiary/aromatic N) is 1. The molecule has 7 heteroatoms. The number of hydrogen-bond donors (Lipinski definition) is 2.